The van der Waals surface area contributed by atoms with Crippen LogP contribution in [0.2, 0.25) is 0 Å². The number of ether oxygens (including phenoxy) is 1. The van der Waals surface area contributed by atoms with Gasteiger partial charge in [-0.3, -0.25) is 9.59 Å². The van der Waals surface area contributed by atoms with Crippen LogP contribution in [-0.2, 0) is 16.0 Å². The molecule has 0 aliphatic rings. The Bertz CT molecular complexity index is 458. The van der Waals surface area contributed by atoms with Gasteiger partial charge in [0.05, 0.1) is 13.0 Å². The Balaban J connectivity index is 2.68. The van der Waals surface area contributed by atoms with E-state index in [2.05, 4.69) is 0 Å². The van der Waals surface area contributed by atoms with Gasteiger partial charge in [-0.25, -0.2) is 0 Å². The number of benzene rings is 1. The molecule has 0 spiro atoms. The highest BCUT2D eigenvalue weighted by Crippen LogP contribution is 2.22. The highest BCUT2D eigenvalue weighted by Gasteiger charge is 2.12. The summed E-state index contributed by atoms with van der Waals surface area (Å²) in [6.45, 7) is 7.48. The molecule has 0 atom stereocenters. The first-order chi connectivity index (χ1) is 9.60. The normalized spacial score (nSPS) is 10.2. The summed E-state index contributed by atoms with van der Waals surface area (Å²) in [5, 5.41) is 0.0308. The maximum Gasteiger partial charge on any atom is 0.310 e. The van der Waals surface area contributed by atoms with Crippen molar-refractivity contribution in [3.05, 3.63) is 29.8 Å². The smallest absolute Gasteiger partial charge is 0.310 e. The van der Waals surface area contributed by atoms with Crippen LogP contribution in [0.15, 0.2) is 29.2 Å². The number of amides is 1. The van der Waals surface area contributed by atoms with Crippen molar-refractivity contribution in [3.63, 3.8) is 0 Å². The summed E-state index contributed by atoms with van der Waals surface area (Å²) in [5.41, 5.74) is 0.862. The molecule has 0 aliphatic carbocycles. The second kappa shape index (κ2) is 8.64. The third kappa shape index (κ3) is 5.25. The molecule has 110 valence electrons. The summed E-state index contributed by atoms with van der Waals surface area (Å²) in [6.07, 6.45) is 0.238. The number of carbonyl (C=O) groups is 2. The predicted octanol–water partition coefficient (Wildman–Crippen LogP) is 3.35. The second-order valence-corrected chi connectivity index (χ2v) is 5.19. The van der Waals surface area contributed by atoms with Crippen LogP contribution in [0, 0.1) is 0 Å². The molecule has 0 saturated heterocycles. The Morgan fingerprint density at radius 3 is 2.50 bits per heavy atom. The molecule has 5 heteroatoms. The molecule has 1 amide bonds. The molecule has 1 rings (SSSR count). The summed E-state index contributed by atoms with van der Waals surface area (Å²) in [6, 6.07) is 7.46. The van der Waals surface area contributed by atoms with E-state index in [1.807, 2.05) is 38.1 Å². The Kier molecular flexibility index (Phi) is 7.15. The van der Waals surface area contributed by atoms with Crippen molar-refractivity contribution in [1.82, 2.24) is 4.90 Å². The minimum atomic E-state index is -0.246. The van der Waals surface area contributed by atoms with Crippen molar-refractivity contribution in [2.24, 2.45) is 0 Å². The zero-order valence-corrected chi connectivity index (χ0v) is 13.0. The monoisotopic (exact) mass is 295 g/mol. The number of carbonyl (C=O) groups excluding carboxylic acids is 2. The van der Waals surface area contributed by atoms with Crippen molar-refractivity contribution >= 4 is 23.0 Å². The molecule has 0 aliphatic heterocycles. The molecule has 0 aromatic heterocycles. The summed E-state index contributed by atoms with van der Waals surface area (Å²) >= 11 is 1.19. The first kappa shape index (κ1) is 16.6. The second-order valence-electron chi connectivity index (χ2n) is 4.17. The fraction of sp³-hybridized carbons (Fsp3) is 0.467. The molecule has 1 aromatic carbocycles. The molecule has 0 heterocycles. The fourth-order valence-corrected chi connectivity index (χ4v) is 2.69. The lowest BCUT2D eigenvalue weighted by Gasteiger charge is -2.17. The Labute approximate surface area is 124 Å². The van der Waals surface area contributed by atoms with Crippen molar-refractivity contribution in [3.8, 4) is 0 Å². The lowest BCUT2D eigenvalue weighted by atomic mass is 10.1. The SMILES string of the molecule is CCOC(=O)Cc1cccc(SC(=O)N(CC)CC)c1. The summed E-state index contributed by atoms with van der Waals surface area (Å²) in [4.78, 5) is 26.1. The maximum absolute atomic E-state index is 12.0. The number of nitrogens with zero attached hydrogens (tertiary/aromatic N) is 1. The van der Waals surface area contributed by atoms with Gasteiger partial charge in [0.15, 0.2) is 0 Å². The van der Waals surface area contributed by atoms with Crippen LogP contribution in [-0.4, -0.2) is 35.8 Å². The van der Waals surface area contributed by atoms with Crippen LogP contribution in [0.1, 0.15) is 26.3 Å². The highest BCUT2D eigenvalue weighted by molar-refractivity contribution is 8.13. The number of rotatable bonds is 6. The fourth-order valence-electron chi connectivity index (χ4n) is 1.74. The molecular formula is C15H21NO3S. The quantitative estimate of drug-likeness (QED) is 0.596. The lowest BCUT2D eigenvalue weighted by Crippen LogP contribution is -2.26. The minimum Gasteiger partial charge on any atom is -0.466 e. The molecule has 4 nitrogen and oxygen atoms in total. The summed E-state index contributed by atoms with van der Waals surface area (Å²) < 4.78 is 4.92. The Morgan fingerprint density at radius 1 is 1.20 bits per heavy atom. The van der Waals surface area contributed by atoms with Crippen LogP contribution in [0.5, 0.6) is 0 Å². The third-order valence-corrected chi connectivity index (χ3v) is 3.70. The van der Waals surface area contributed by atoms with E-state index in [4.69, 9.17) is 4.74 Å². The Hall–Kier alpha value is -1.49. The van der Waals surface area contributed by atoms with Gasteiger partial charge in [0.1, 0.15) is 0 Å². The van der Waals surface area contributed by atoms with Gasteiger partial charge in [0, 0.05) is 18.0 Å². The maximum atomic E-state index is 12.0. The van der Waals surface area contributed by atoms with Crippen LogP contribution in [0.3, 0.4) is 0 Å². The van der Waals surface area contributed by atoms with Crippen molar-refractivity contribution in [2.45, 2.75) is 32.1 Å². The van der Waals surface area contributed by atoms with E-state index < -0.39 is 0 Å². The first-order valence-corrected chi connectivity index (χ1v) is 7.63. The highest BCUT2D eigenvalue weighted by atomic mass is 32.2. The van der Waals surface area contributed by atoms with Crippen LogP contribution in [0.25, 0.3) is 0 Å². The standard InChI is InChI=1S/C15H21NO3S/c1-4-16(5-2)15(18)20-13-9-7-8-12(10-13)11-14(17)19-6-3/h7-10H,4-6,11H2,1-3H3. The molecule has 0 unspecified atom stereocenters. The molecule has 0 bridgehead atoms. The molecule has 1 aromatic rings. The van der Waals surface area contributed by atoms with Gasteiger partial charge in [-0.05, 0) is 50.2 Å². The number of hydrogen-bond donors (Lipinski definition) is 0. The van der Waals surface area contributed by atoms with Crippen molar-refractivity contribution in [1.29, 1.82) is 0 Å². The van der Waals surface area contributed by atoms with Gasteiger partial charge in [0.2, 0.25) is 0 Å². The van der Waals surface area contributed by atoms with Gasteiger partial charge in [-0.15, -0.1) is 0 Å². The van der Waals surface area contributed by atoms with Crippen LogP contribution >= 0.6 is 11.8 Å². The van der Waals surface area contributed by atoms with E-state index in [0.717, 1.165) is 10.5 Å². The number of thioether (sulfide) groups is 1. The zero-order valence-electron chi connectivity index (χ0n) is 12.2. The van der Waals surface area contributed by atoms with Gasteiger partial charge in [-0.1, -0.05) is 12.1 Å². The van der Waals surface area contributed by atoms with E-state index in [1.165, 1.54) is 11.8 Å². The van der Waals surface area contributed by atoms with Gasteiger partial charge >= 0.3 is 5.97 Å². The van der Waals surface area contributed by atoms with Crippen molar-refractivity contribution < 1.29 is 14.3 Å². The van der Waals surface area contributed by atoms with Crippen molar-refractivity contribution in [2.75, 3.05) is 19.7 Å². The molecule has 20 heavy (non-hydrogen) atoms. The van der Waals surface area contributed by atoms with Crippen LogP contribution < -0.4 is 0 Å². The summed E-state index contributed by atoms with van der Waals surface area (Å²) in [7, 11) is 0. The number of hydrogen-bond acceptors (Lipinski definition) is 4. The molecule has 0 saturated carbocycles. The third-order valence-electron chi connectivity index (χ3n) is 2.78. The first-order valence-electron chi connectivity index (χ1n) is 6.82. The average Bonchev–Trinajstić information content (AvgIpc) is 2.40. The topological polar surface area (TPSA) is 46.6 Å². The average molecular weight is 295 g/mol. The van der Waals surface area contributed by atoms with E-state index in [0.29, 0.717) is 19.7 Å². The van der Waals surface area contributed by atoms with E-state index in [9.17, 15) is 9.59 Å². The van der Waals surface area contributed by atoms with Gasteiger partial charge < -0.3 is 9.64 Å². The van der Waals surface area contributed by atoms with Crippen LogP contribution in [0.4, 0.5) is 4.79 Å². The molecule has 0 radical (unpaired) electrons. The minimum absolute atomic E-state index is 0.0308. The van der Waals surface area contributed by atoms with E-state index in [-0.39, 0.29) is 17.6 Å². The zero-order chi connectivity index (χ0) is 15.0. The lowest BCUT2D eigenvalue weighted by molar-refractivity contribution is -0.142. The van der Waals surface area contributed by atoms with E-state index in [1.54, 1.807) is 11.8 Å². The predicted molar refractivity (Wildman–Crippen MR) is 81.0 cm³/mol. The number of esters is 1. The summed E-state index contributed by atoms with van der Waals surface area (Å²) in [5.74, 6) is -0.246. The van der Waals surface area contributed by atoms with Gasteiger partial charge in [0.25, 0.3) is 5.24 Å². The molecular weight excluding hydrogens is 274 g/mol. The van der Waals surface area contributed by atoms with Gasteiger partial charge in [-0.2, -0.15) is 0 Å². The largest absolute Gasteiger partial charge is 0.466 e. The Morgan fingerprint density at radius 2 is 1.90 bits per heavy atom. The molecule has 0 N–H and O–H groups in total. The molecule has 0 fully saturated rings. The van der Waals surface area contributed by atoms with E-state index >= 15 is 0 Å².